The minimum Gasteiger partial charge on any atom is -0.467 e. The molecule has 0 aromatic carbocycles. The lowest BCUT2D eigenvalue weighted by atomic mass is 10.1. The molecule has 11 heteroatoms. The van der Waals surface area contributed by atoms with E-state index in [1.165, 1.54) is 6.20 Å². The van der Waals surface area contributed by atoms with Crippen LogP contribution in [-0.2, 0) is 10.9 Å². The Balaban J connectivity index is 2.16. The quantitative estimate of drug-likeness (QED) is 0.729. The zero-order valence-corrected chi connectivity index (χ0v) is 16.7. The van der Waals surface area contributed by atoms with Crippen molar-refractivity contribution in [1.29, 1.82) is 5.26 Å². The number of amides is 1. The Morgan fingerprint density at radius 3 is 2.59 bits per heavy atom. The number of hydrogen-bond acceptors (Lipinski definition) is 7. The largest absolute Gasteiger partial charge is 0.467 e. The highest BCUT2D eigenvalue weighted by Crippen LogP contribution is 2.33. The summed E-state index contributed by atoms with van der Waals surface area (Å²) in [5, 5.41) is 11.8. The van der Waals surface area contributed by atoms with Gasteiger partial charge in [0.25, 0.3) is 0 Å². The Morgan fingerprint density at radius 2 is 2.03 bits per heavy atom. The summed E-state index contributed by atoms with van der Waals surface area (Å²) in [6.45, 7) is 5.31. The molecule has 156 valence electrons. The van der Waals surface area contributed by atoms with Crippen LogP contribution < -0.4 is 10.1 Å². The number of alkyl halides is 3. The fourth-order valence-corrected chi connectivity index (χ4v) is 2.81. The van der Waals surface area contributed by atoms with Gasteiger partial charge >= 0.3 is 12.3 Å². The smallest absolute Gasteiger partial charge is 0.433 e. The van der Waals surface area contributed by atoms with Gasteiger partial charge in [0.15, 0.2) is 0 Å². The lowest BCUT2D eigenvalue weighted by Gasteiger charge is -2.21. The van der Waals surface area contributed by atoms with E-state index in [0.29, 0.717) is 10.9 Å². The van der Waals surface area contributed by atoms with E-state index in [1.807, 2.05) is 0 Å². The van der Waals surface area contributed by atoms with Crippen molar-refractivity contribution >= 4 is 17.6 Å². The number of carbonyl (C=O) groups is 1. The molecule has 29 heavy (non-hydrogen) atoms. The van der Waals surface area contributed by atoms with Gasteiger partial charge < -0.3 is 14.8 Å². The van der Waals surface area contributed by atoms with Crippen molar-refractivity contribution in [2.45, 2.75) is 45.0 Å². The highest BCUT2D eigenvalue weighted by atomic mass is 32.1. The zero-order valence-electron chi connectivity index (χ0n) is 15.9. The molecule has 1 N–H and O–H groups in total. The summed E-state index contributed by atoms with van der Waals surface area (Å²) in [6.07, 6.45) is -4.47. The summed E-state index contributed by atoms with van der Waals surface area (Å²) in [5.41, 5.74) is -1.79. The molecule has 0 aliphatic heterocycles. The molecule has 1 unspecified atom stereocenters. The first-order valence-corrected chi connectivity index (χ1v) is 9.27. The SMILES string of the molecule is CC(C)(C)NC(=O)OCCC(Oc1nc(C(F)(F)F)ccc1C#N)c1ccns1. The van der Waals surface area contributed by atoms with Crippen LogP contribution in [0.15, 0.2) is 24.4 Å². The number of carbonyl (C=O) groups excluding carboxylic acids is 1. The van der Waals surface area contributed by atoms with Crippen molar-refractivity contribution < 1.29 is 27.4 Å². The van der Waals surface area contributed by atoms with Crippen LogP contribution in [0.1, 0.15) is 49.4 Å². The Bertz CT molecular complexity index is 874. The van der Waals surface area contributed by atoms with Crippen LogP contribution in [0.3, 0.4) is 0 Å². The molecule has 0 fully saturated rings. The van der Waals surface area contributed by atoms with E-state index in [-0.39, 0.29) is 18.6 Å². The second kappa shape index (κ2) is 9.09. The van der Waals surface area contributed by atoms with Gasteiger partial charge in [-0.1, -0.05) is 0 Å². The van der Waals surface area contributed by atoms with Gasteiger partial charge in [-0.2, -0.15) is 18.4 Å². The highest BCUT2D eigenvalue weighted by Gasteiger charge is 2.34. The third-order valence-corrected chi connectivity index (χ3v) is 4.23. The normalized spacial score (nSPS) is 12.7. The van der Waals surface area contributed by atoms with Gasteiger partial charge in [-0.05, 0) is 50.5 Å². The summed E-state index contributed by atoms with van der Waals surface area (Å²) < 4.78 is 53.6. The third kappa shape index (κ3) is 6.90. The van der Waals surface area contributed by atoms with Crippen LogP contribution in [0, 0.1) is 11.3 Å². The molecular formula is C18H19F3N4O3S. The van der Waals surface area contributed by atoms with Gasteiger partial charge in [0, 0.05) is 18.2 Å². The average molecular weight is 428 g/mol. The fourth-order valence-electron chi connectivity index (χ4n) is 2.16. The maximum absolute atomic E-state index is 13.0. The maximum atomic E-state index is 13.0. The first-order chi connectivity index (χ1) is 13.5. The van der Waals surface area contributed by atoms with E-state index >= 15 is 0 Å². The maximum Gasteiger partial charge on any atom is 0.433 e. The second-order valence-electron chi connectivity index (χ2n) is 6.98. The van der Waals surface area contributed by atoms with Gasteiger partial charge in [0.2, 0.25) is 5.88 Å². The van der Waals surface area contributed by atoms with Crippen molar-refractivity contribution in [2.24, 2.45) is 0 Å². The van der Waals surface area contributed by atoms with E-state index < -0.39 is 35.5 Å². The van der Waals surface area contributed by atoms with Crippen molar-refractivity contribution in [3.05, 3.63) is 40.5 Å². The van der Waals surface area contributed by atoms with Crippen molar-refractivity contribution in [1.82, 2.24) is 14.7 Å². The molecule has 2 rings (SSSR count). The number of alkyl carbamates (subject to hydrolysis) is 1. The molecule has 0 aliphatic carbocycles. The Hall–Kier alpha value is -2.87. The van der Waals surface area contributed by atoms with E-state index in [0.717, 1.165) is 17.6 Å². The van der Waals surface area contributed by atoms with Gasteiger partial charge in [0.1, 0.15) is 23.4 Å². The standard InChI is InChI=1S/C18H19F3N4O3S/c1-17(2,3)25-16(26)27-9-7-12(13-6-8-23-29-13)28-15-11(10-22)4-5-14(24-15)18(19,20)21/h4-6,8,12H,7,9H2,1-3H3,(H,25,26). The van der Waals surface area contributed by atoms with Gasteiger partial charge in [0.05, 0.1) is 11.5 Å². The number of aromatic nitrogens is 2. The summed E-state index contributed by atoms with van der Waals surface area (Å²) >= 11 is 1.08. The number of nitriles is 1. The molecular weight excluding hydrogens is 409 g/mol. The Kier molecular flexibility index (Phi) is 7.02. The summed E-state index contributed by atoms with van der Waals surface area (Å²) in [7, 11) is 0. The van der Waals surface area contributed by atoms with Crippen LogP contribution >= 0.6 is 11.5 Å². The summed E-state index contributed by atoms with van der Waals surface area (Å²) in [4.78, 5) is 15.8. The van der Waals surface area contributed by atoms with E-state index in [2.05, 4.69) is 14.7 Å². The molecule has 7 nitrogen and oxygen atoms in total. The molecule has 0 bridgehead atoms. The lowest BCUT2D eigenvalue weighted by molar-refractivity contribution is -0.141. The number of nitrogens with one attached hydrogen (secondary N) is 1. The number of hydrogen-bond donors (Lipinski definition) is 1. The number of rotatable bonds is 6. The van der Waals surface area contributed by atoms with E-state index in [9.17, 15) is 23.2 Å². The molecule has 0 radical (unpaired) electrons. The lowest BCUT2D eigenvalue weighted by Crippen LogP contribution is -2.41. The molecule has 0 saturated carbocycles. The average Bonchev–Trinajstić information content (AvgIpc) is 3.13. The molecule has 2 aromatic rings. The van der Waals surface area contributed by atoms with Crippen molar-refractivity contribution in [3.8, 4) is 11.9 Å². The van der Waals surface area contributed by atoms with Crippen LogP contribution in [0.25, 0.3) is 0 Å². The fraction of sp³-hybridized carbons (Fsp3) is 0.444. The highest BCUT2D eigenvalue weighted by molar-refractivity contribution is 7.05. The Morgan fingerprint density at radius 1 is 1.31 bits per heavy atom. The number of pyridine rings is 1. The number of halogens is 3. The number of ether oxygens (including phenoxy) is 2. The minimum absolute atomic E-state index is 0.0642. The predicted octanol–water partition coefficient (Wildman–Crippen LogP) is 4.46. The molecule has 0 saturated heterocycles. The molecule has 0 spiro atoms. The zero-order chi connectivity index (χ0) is 21.7. The van der Waals surface area contributed by atoms with Gasteiger partial charge in [-0.3, -0.25) is 0 Å². The predicted molar refractivity (Wildman–Crippen MR) is 98.3 cm³/mol. The monoisotopic (exact) mass is 428 g/mol. The van der Waals surface area contributed by atoms with Gasteiger partial charge in [-0.25, -0.2) is 14.2 Å². The topological polar surface area (TPSA) is 97.1 Å². The van der Waals surface area contributed by atoms with Crippen LogP contribution in [-0.4, -0.2) is 27.6 Å². The molecule has 2 aromatic heterocycles. The van der Waals surface area contributed by atoms with Crippen molar-refractivity contribution in [3.63, 3.8) is 0 Å². The Labute approximate surface area is 169 Å². The molecule has 1 amide bonds. The van der Waals surface area contributed by atoms with Crippen molar-refractivity contribution in [2.75, 3.05) is 6.61 Å². The third-order valence-electron chi connectivity index (χ3n) is 3.39. The first kappa shape index (κ1) is 22.4. The summed E-state index contributed by atoms with van der Waals surface area (Å²) in [5.74, 6) is -0.445. The van der Waals surface area contributed by atoms with Gasteiger partial charge in [-0.15, -0.1) is 0 Å². The van der Waals surface area contributed by atoms with Crippen LogP contribution in [0.4, 0.5) is 18.0 Å². The van der Waals surface area contributed by atoms with E-state index in [4.69, 9.17) is 9.47 Å². The minimum atomic E-state index is -4.68. The molecule has 0 aliphatic rings. The second-order valence-corrected chi connectivity index (χ2v) is 7.84. The van der Waals surface area contributed by atoms with Crippen LogP contribution in [0.5, 0.6) is 5.88 Å². The van der Waals surface area contributed by atoms with E-state index in [1.54, 1.807) is 32.9 Å². The first-order valence-electron chi connectivity index (χ1n) is 8.50. The summed E-state index contributed by atoms with van der Waals surface area (Å²) in [6, 6.07) is 5.11. The van der Waals surface area contributed by atoms with Crippen LogP contribution in [0.2, 0.25) is 0 Å². The number of nitrogens with zero attached hydrogens (tertiary/aromatic N) is 3. The molecule has 2 heterocycles. The molecule has 1 atom stereocenters.